The normalized spacial score (nSPS) is 21.4. The maximum Gasteiger partial charge on any atom is 0.487 e. The third-order valence-electron chi connectivity index (χ3n) is 5.18. The molecule has 2 saturated heterocycles. The Hall–Kier alpha value is -2.53. The largest absolute Gasteiger partial charge is 0.487 e. The molecule has 0 aliphatic carbocycles. The van der Waals surface area contributed by atoms with E-state index in [2.05, 4.69) is 25.9 Å². The van der Waals surface area contributed by atoms with Gasteiger partial charge in [-0.15, -0.1) is 8.78 Å². The second-order valence-corrected chi connectivity index (χ2v) is 7.90. The topological polar surface area (TPSA) is 98.8 Å². The highest BCUT2D eigenvalue weighted by atomic mass is 35.5. The Labute approximate surface area is 182 Å². The minimum atomic E-state index is -3.80. The average Bonchev–Trinajstić information content (AvgIpc) is 3.40. The number of ether oxygens (including phenoxy) is 1. The lowest BCUT2D eigenvalue weighted by Crippen LogP contribution is -2.29. The summed E-state index contributed by atoms with van der Waals surface area (Å²) in [6, 6.07) is 7.22. The Morgan fingerprint density at radius 3 is 2.71 bits per heavy atom. The number of hydrogen-bond donors (Lipinski definition) is 4. The van der Waals surface area contributed by atoms with Crippen LogP contribution in [0.2, 0.25) is 0 Å². The molecule has 11 heteroatoms. The van der Waals surface area contributed by atoms with E-state index in [1.54, 1.807) is 6.07 Å². The molecule has 31 heavy (non-hydrogen) atoms. The number of carbonyl (C=O) groups excluding carboxylic acids is 1. The van der Waals surface area contributed by atoms with Gasteiger partial charge in [0.15, 0.2) is 0 Å². The molecule has 8 nitrogen and oxygen atoms in total. The molecule has 0 spiro atoms. The number of nitrogens with zero attached hydrogens (tertiary/aromatic N) is 2. The first kappa shape index (κ1) is 21.7. The van der Waals surface area contributed by atoms with Crippen LogP contribution in [-0.4, -0.2) is 47.3 Å². The monoisotopic (exact) mass is 453 g/mol. The number of halogens is 3. The van der Waals surface area contributed by atoms with Gasteiger partial charge in [-0.2, -0.15) is 0 Å². The highest BCUT2D eigenvalue weighted by Crippen LogP contribution is 2.31. The second kappa shape index (κ2) is 8.91. The summed E-state index contributed by atoms with van der Waals surface area (Å²) in [5, 5.41) is 12.6. The predicted molar refractivity (Wildman–Crippen MR) is 111 cm³/mol. The van der Waals surface area contributed by atoms with Gasteiger partial charge in [-0.3, -0.25) is 15.6 Å². The first-order valence-electron chi connectivity index (χ1n) is 9.87. The molecule has 2 aliphatic heterocycles. The van der Waals surface area contributed by atoms with Crippen molar-refractivity contribution in [3.63, 3.8) is 0 Å². The molecule has 1 aromatic heterocycles. The van der Waals surface area contributed by atoms with E-state index in [0.717, 1.165) is 24.3 Å². The Bertz CT molecular complexity index is 935. The van der Waals surface area contributed by atoms with Crippen LogP contribution in [0.25, 0.3) is 0 Å². The highest BCUT2D eigenvalue weighted by molar-refractivity contribution is 6.20. The van der Waals surface area contributed by atoms with Gasteiger partial charge < -0.3 is 20.1 Å². The third kappa shape index (κ3) is 5.40. The number of nitrogens with one attached hydrogen (secondary N) is 3. The fourth-order valence-electron chi connectivity index (χ4n) is 3.71. The van der Waals surface area contributed by atoms with Gasteiger partial charge in [-0.1, -0.05) is 0 Å². The van der Waals surface area contributed by atoms with Gasteiger partial charge in [0, 0.05) is 48.7 Å². The summed E-state index contributed by atoms with van der Waals surface area (Å²) < 4.78 is 29.7. The van der Waals surface area contributed by atoms with E-state index in [4.69, 9.17) is 11.6 Å². The number of benzene rings is 1. The molecular weight excluding hydrogens is 432 g/mol. The minimum absolute atomic E-state index is 0.0124. The summed E-state index contributed by atoms with van der Waals surface area (Å²) >= 11 is 4.75. The van der Waals surface area contributed by atoms with Crippen LogP contribution >= 0.6 is 11.6 Å². The van der Waals surface area contributed by atoms with Crippen LogP contribution in [0.5, 0.6) is 5.75 Å². The molecule has 1 amide bonds. The van der Waals surface area contributed by atoms with Crippen LogP contribution in [0, 0.1) is 0 Å². The lowest BCUT2D eigenvalue weighted by Gasteiger charge is -2.23. The van der Waals surface area contributed by atoms with Gasteiger partial charge in [-0.25, -0.2) is 4.98 Å². The number of β-amino-alcohol motifs (C(OH)–C–C–N with tert-alkyl or cyclic N) is 1. The molecule has 2 aliphatic rings. The molecular formula is C20H22ClF2N5O3. The molecule has 4 rings (SSSR count). The van der Waals surface area contributed by atoms with Crippen LogP contribution in [0.4, 0.5) is 20.3 Å². The van der Waals surface area contributed by atoms with Crippen LogP contribution < -0.4 is 25.8 Å². The van der Waals surface area contributed by atoms with E-state index in [0.29, 0.717) is 30.8 Å². The number of amides is 1. The molecule has 0 saturated carbocycles. The van der Waals surface area contributed by atoms with Crippen molar-refractivity contribution in [1.29, 1.82) is 0 Å². The summed E-state index contributed by atoms with van der Waals surface area (Å²) in [6.07, 6.45) is 2.61. The number of aliphatic hydroxyl groups is 1. The lowest BCUT2D eigenvalue weighted by atomic mass is 10.0. The van der Waals surface area contributed by atoms with Gasteiger partial charge in [0.25, 0.3) is 5.91 Å². The number of rotatable bonds is 6. The van der Waals surface area contributed by atoms with Crippen molar-refractivity contribution in [3.05, 3.63) is 47.7 Å². The smallest absolute Gasteiger partial charge is 0.420 e. The van der Waals surface area contributed by atoms with Crippen molar-refractivity contribution in [2.45, 2.75) is 30.6 Å². The maximum absolute atomic E-state index is 12.8. The van der Waals surface area contributed by atoms with Crippen molar-refractivity contribution < 1.29 is 23.4 Å². The summed E-state index contributed by atoms with van der Waals surface area (Å²) in [7, 11) is 0. The Balaban J connectivity index is 1.52. The third-order valence-corrected chi connectivity index (χ3v) is 5.25. The van der Waals surface area contributed by atoms with Crippen molar-refractivity contribution in [1.82, 2.24) is 15.8 Å². The number of aromatic nitrogens is 1. The molecule has 166 valence electrons. The van der Waals surface area contributed by atoms with E-state index >= 15 is 0 Å². The first-order valence-corrected chi connectivity index (χ1v) is 10.2. The molecule has 0 radical (unpaired) electrons. The van der Waals surface area contributed by atoms with Crippen LogP contribution in [0.3, 0.4) is 0 Å². The molecule has 2 atom stereocenters. The molecule has 2 fully saturated rings. The van der Waals surface area contributed by atoms with Crippen molar-refractivity contribution in [2.24, 2.45) is 0 Å². The number of hydrogen-bond acceptors (Lipinski definition) is 7. The summed E-state index contributed by atoms with van der Waals surface area (Å²) in [4.78, 5) is 19.3. The Morgan fingerprint density at radius 1 is 1.32 bits per heavy atom. The van der Waals surface area contributed by atoms with Crippen molar-refractivity contribution in [2.75, 3.05) is 29.9 Å². The lowest BCUT2D eigenvalue weighted by molar-refractivity contribution is -0.0964. The molecule has 4 N–H and O–H groups in total. The SMILES string of the molecule is O=C(Nc1ccc(OC(F)(F)Cl)cc1)c1cnc(N2CC[C@H](O)C2)c(C2CCNN2)c1. The zero-order valence-corrected chi connectivity index (χ0v) is 17.2. The number of alkyl halides is 3. The summed E-state index contributed by atoms with van der Waals surface area (Å²) in [5.74, 6) is 0.237. The Kier molecular flexibility index (Phi) is 6.24. The minimum Gasteiger partial charge on any atom is -0.420 e. The number of pyridine rings is 1. The Morgan fingerprint density at radius 2 is 2.10 bits per heavy atom. The predicted octanol–water partition coefficient (Wildman–Crippen LogP) is 2.61. The van der Waals surface area contributed by atoms with Gasteiger partial charge in [0.05, 0.1) is 17.7 Å². The fraction of sp³-hybridized carbons (Fsp3) is 0.400. The van der Waals surface area contributed by atoms with Gasteiger partial charge in [0.1, 0.15) is 11.6 Å². The van der Waals surface area contributed by atoms with Gasteiger partial charge in [0.2, 0.25) is 0 Å². The van der Waals surface area contributed by atoms with E-state index in [1.807, 2.05) is 4.90 Å². The molecule has 1 unspecified atom stereocenters. The first-order chi connectivity index (χ1) is 14.8. The molecule has 1 aromatic carbocycles. The number of aliphatic hydroxyl groups excluding tert-OH is 1. The summed E-state index contributed by atoms with van der Waals surface area (Å²) in [5.41, 5.74) is 4.12. The van der Waals surface area contributed by atoms with E-state index in [1.165, 1.54) is 30.5 Å². The maximum atomic E-state index is 12.8. The fourth-order valence-corrected chi connectivity index (χ4v) is 3.80. The number of carbonyl (C=O) groups is 1. The average molecular weight is 454 g/mol. The standard InChI is InChI=1S/C20H22ClF2N5O3/c21-20(22,23)31-15-3-1-13(2-4-15)26-19(30)12-9-16(17-5-7-25-27-17)18(24-10-12)28-8-6-14(29)11-28/h1-4,9-10,14,17,25,27,29H,5-8,11H2,(H,26,30)/t14-,17?/m0/s1. The highest BCUT2D eigenvalue weighted by Gasteiger charge is 2.29. The molecule has 0 bridgehead atoms. The molecule has 3 heterocycles. The zero-order chi connectivity index (χ0) is 22.0. The summed E-state index contributed by atoms with van der Waals surface area (Å²) in [6.45, 7) is 1.99. The van der Waals surface area contributed by atoms with E-state index < -0.39 is 11.7 Å². The number of anilines is 2. The van der Waals surface area contributed by atoms with Crippen molar-refractivity contribution in [3.8, 4) is 5.75 Å². The quantitative estimate of drug-likeness (QED) is 0.499. The number of hydrazine groups is 1. The van der Waals surface area contributed by atoms with Gasteiger partial charge in [-0.05, 0) is 43.2 Å². The van der Waals surface area contributed by atoms with E-state index in [9.17, 15) is 18.7 Å². The van der Waals surface area contributed by atoms with Crippen LogP contribution in [0.1, 0.15) is 34.8 Å². The van der Waals surface area contributed by atoms with Crippen LogP contribution in [-0.2, 0) is 0 Å². The van der Waals surface area contributed by atoms with Gasteiger partial charge >= 0.3 is 5.57 Å². The van der Waals surface area contributed by atoms with Crippen molar-refractivity contribution >= 4 is 29.0 Å². The zero-order valence-electron chi connectivity index (χ0n) is 16.4. The molecule has 2 aromatic rings. The van der Waals surface area contributed by atoms with E-state index in [-0.39, 0.29) is 17.7 Å². The van der Waals surface area contributed by atoms with Crippen LogP contribution in [0.15, 0.2) is 36.5 Å². The second-order valence-electron chi connectivity index (χ2n) is 7.46.